The van der Waals surface area contributed by atoms with Crippen molar-refractivity contribution < 1.29 is 22.7 Å². The first-order chi connectivity index (χ1) is 14.9. The predicted octanol–water partition coefficient (Wildman–Crippen LogP) is 3.25. The molecule has 0 aliphatic carbocycles. The fraction of sp³-hybridized carbons (Fsp3) is 0.435. The summed E-state index contributed by atoms with van der Waals surface area (Å²) in [6.07, 6.45) is 6.76. The van der Waals surface area contributed by atoms with Crippen molar-refractivity contribution in [2.45, 2.75) is 43.9 Å². The van der Waals surface area contributed by atoms with Gasteiger partial charge in [0, 0.05) is 31.0 Å². The second kappa shape index (κ2) is 10.6. The summed E-state index contributed by atoms with van der Waals surface area (Å²) >= 11 is 0. The van der Waals surface area contributed by atoms with E-state index in [1.165, 1.54) is 28.3 Å². The number of rotatable bonds is 9. The maximum absolute atomic E-state index is 12.6. The molecular weight excluding hydrogens is 416 g/mol. The Morgan fingerprint density at radius 2 is 1.84 bits per heavy atom. The van der Waals surface area contributed by atoms with Crippen LogP contribution in [-0.2, 0) is 26.0 Å². The smallest absolute Gasteiger partial charge is 0.309 e. The molecule has 0 saturated carbocycles. The zero-order valence-corrected chi connectivity index (χ0v) is 18.5. The number of carbonyl (C=O) groups is 2. The maximum Gasteiger partial charge on any atom is 0.309 e. The summed E-state index contributed by atoms with van der Waals surface area (Å²) in [6.45, 7) is 2.28. The van der Waals surface area contributed by atoms with Crippen LogP contribution in [0.3, 0.4) is 0 Å². The van der Waals surface area contributed by atoms with Crippen LogP contribution in [0.25, 0.3) is 0 Å². The predicted molar refractivity (Wildman–Crippen MR) is 116 cm³/mol. The van der Waals surface area contributed by atoms with Gasteiger partial charge >= 0.3 is 5.97 Å². The minimum absolute atomic E-state index is 0.141. The first-order valence-electron chi connectivity index (χ1n) is 10.6. The molecule has 0 unspecified atom stereocenters. The van der Waals surface area contributed by atoms with Gasteiger partial charge in [-0.3, -0.25) is 14.6 Å². The molecule has 1 aromatic carbocycles. The molecule has 1 aliphatic heterocycles. The van der Waals surface area contributed by atoms with Crippen molar-refractivity contribution in [1.82, 2.24) is 9.29 Å². The highest BCUT2D eigenvalue weighted by Gasteiger charge is 2.33. The number of carbonyl (C=O) groups excluding carboxylic acids is 2. The number of aryl methyl sites for hydroxylation is 1. The number of nitrogens with zero attached hydrogens (tertiary/aromatic N) is 2. The van der Waals surface area contributed by atoms with Crippen LogP contribution in [0.2, 0.25) is 0 Å². The second-order valence-corrected chi connectivity index (χ2v) is 9.64. The van der Waals surface area contributed by atoms with E-state index in [0.717, 1.165) is 19.3 Å². The number of benzene rings is 1. The SMILES string of the molecule is CCCCc1ccc(C(=O)COC(=O)C2CCN(S(=O)(=O)c3cccnc3)CC2)cc1. The number of hydrogen-bond acceptors (Lipinski definition) is 6. The highest BCUT2D eigenvalue weighted by atomic mass is 32.2. The van der Waals surface area contributed by atoms with Gasteiger partial charge in [0.2, 0.25) is 10.0 Å². The van der Waals surface area contributed by atoms with Crippen molar-refractivity contribution in [2.75, 3.05) is 19.7 Å². The molecule has 0 N–H and O–H groups in total. The third-order valence-corrected chi connectivity index (χ3v) is 7.38. The molecule has 31 heavy (non-hydrogen) atoms. The Balaban J connectivity index is 1.47. The molecule has 3 rings (SSSR count). The van der Waals surface area contributed by atoms with E-state index in [9.17, 15) is 18.0 Å². The summed E-state index contributed by atoms with van der Waals surface area (Å²) in [7, 11) is -3.62. The van der Waals surface area contributed by atoms with Gasteiger partial charge in [-0.15, -0.1) is 0 Å². The molecule has 1 aromatic heterocycles. The van der Waals surface area contributed by atoms with Crippen LogP contribution < -0.4 is 0 Å². The van der Waals surface area contributed by atoms with Crippen molar-refractivity contribution in [1.29, 1.82) is 0 Å². The molecule has 2 aromatic rings. The van der Waals surface area contributed by atoms with Crippen molar-refractivity contribution in [3.63, 3.8) is 0 Å². The summed E-state index contributed by atoms with van der Waals surface area (Å²) in [5.74, 6) is -1.11. The molecule has 2 heterocycles. The van der Waals surface area contributed by atoms with Gasteiger partial charge in [0.25, 0.3) is 0 Å². The fourth-order valence-electron chi connectivity index (χ4n) is 3.56. The van der Waals surface area contributed by atoms with Crippen molar-refractivity contribution in [3.05, 3.63) is 59.9 Å². The Morgan fingerprint density at radius 3 is 2.45 bits per heavy atom. The van der Waals surface area contributed by atoms with Crippen LogP contribution in [0.15, 0.2) is 53.7 Å². The average Bonchev–Trinajstić information content (AvgIpc) is 2.82. The Morgan fingerprint density at radius 1 is 1.13 bits per heavy atom. The summed E-state index contributed by atoms with van der Waals surface area (Å²) in [5, 5.41) is 0. The third kappa shape index (κ3) is 5.98. The highest BCUT2D eigenvalue weighted by molar-refractivity contribution is 7.89. The zero-order valence-electron chi connectivity index (χ0n) is 17.7. The Kier molecular flexibility index (Phi) is 7.92. The van der Waals surface area contributed by atoms with Gasteiger partial charge in [0.1, 0.15) is 4.90 Å². The molecule has 0 radical (unpaired) electrons. The molecule has 0 spiro atoms. The average molecular weight is 445 g/mol. The maximum atomic E-state index is 12.6. The molecule has 0 amide bonds. The van der Waals surface area contributed by atoms with Gasteiger partial charge in [-0.25, -0.2) is 8.42 Å². The van der Waals surface area contributed by atoms with Gasteiger partial charge in [-0.05, 0) is 43.4 Å². The number of Topliss-reactive ketones (excluding diaryl/α,β-unsaturated/α-hetero) is 1. The van der Waals surface area contributed by atoms with Crippen LogP contribution >= 0.6 is 0 Å². The lowest BCUT2D eigenvalue weighted by Crippen LogP contribution is -2.40. The third-order valence-electron chi connectivity index (χ3n) is 5.50. The number of aromatic nitrogens is 1. The van der Waals surface area contributed by atoms with Crippen molar-refractivity contribution in [2.24, 2.45) is 5.92 Å². The van der Waals surface area contributed by atoms with E-state index in [-0.39, 0.29) is 30.4 Å². The first-order valence-corrected chi connectivity index (χ1v) is 12.0. The largest absolute Gasteiger partial charge is 0.457 e. The van der Waals surface area contributed by atoms with Crippen molar-refractivity contribution in [3.8, 4) is 0 Å². The molecule has 0 bridgehead atoms. The van der Waals surface area contributed by atoms with Crippen LogP contribution in [0.5, 0.6) is 0 Å². The topological polar surface area (TPSA) is 93.6 Å². The number of hydrogen-bond donors (Lipinski definition) is 0. The van der Waals surface area contributed by atoms with E-state index in [0.29, 0.717) is 18.4 Å². The van der Waals surface area contributed by atoms with E-state index in [4.69, 9.17) is 4.74 Å². The quantitative estimate of drug-likeness (QED) is 0.435. The molecule has 1 saturated heterocycles. The standard InChI is InChI=1S/C23H28N2O5S/c1-2-3-5-18-7-9-19(10-8-18)22(26)17-30-23(27)20-11-14-25(15-12-20)31(28,29)21-6-4-13-24-16-21/h4,6-10,13,16,20H,2-3,5,11-12,14-15,17H2,1H3. The van der Waals surface area contributed by atoms with Crippen LogP contribution in [-0.4, -0.2) is 49.2 Å². The van der Waals surface area contributed by atoms with Crippen LogP contribution in [0, 0.1) is 5.92 Å². The molecule has 166 valence electrons. The minimum atomic E-state index is -3.62. The number of esters is 1. The fourth-order valence-corrected chi connectivity index (χ4v) is 4.99. The lowest BCUT2D eigenvalue weighted by molar-refractivity contribution is -0.148. The van der Waals surface area contributed by atoms with E-state index in [1.807, 2.05) is 12.1 Å². The van der Waals surface area contributed by atoms with Gasteiger partial charge in [0.15, 0.2) is 12.4 Å². The second-order valence-electron chi connectivity index (χ2n) is 7.70. The number of pyridine rings is 1. The number of ether oxygens (including phenoxy) is 1. The first kappa shape index (κ1) is 23.1. The number of unbranched alkanes of at least 4 members (excludes halogenated alkanes) is 1. The highest BCUT2D eigenvalue weighted by Crippen LogP contribution is 2.24. The Bertz CT molecular complexity index is 982. The van der Waals surface area contributed by atoms with Crippen LogP contribution in [0.1, 0.15) is 48.5 Å². The molecule has 8 heteroatoms. The molecule has 7 nitrogen and oxygen atoms in total. The van der Waals surface area contributed by atoms with Gasteiger partial charge < -0.3 is 4.74 Å². The molecule has 0 atom stereocenters. The van der Waals surface area contributed by atoms with E-state index < -0.39 is 21.9 Å². The summed E-state index contributed by atoms with van der Waals surface area (Å²) in [4.78, 5) is 28.7. The molecular formula is C23H28N2O5S. The lowest BCUT2D eigenvalue weighted by atomic mass is 9.98. The molecule has 1 aliphatic rings. The summed E-state index contributed by atoms with van der Waals surface area (Å²) in [5.41, 5.74) is 1.70. The zero-order chi connectivity index (χ0) is 22.3. The Hall–Kier alpha value is -2.58. The van der Waals surface area contributed by atoms with Gasteiger partial charge in [0.05, 0.1) is 5.92 Å². The summed E-state index contributed by atoms with van der Waals surface area (Å²) < 4.78 is 31.9. The number of ketones is 1. The normalized spacial score (nSPS) is 15.5. The summed E-state index contributed by atoms with van der Waals surface area (Å²) in [6, 6.07) is 10.5. The van der Waals surface area contributed by atoms with Gasteiger partial charge in [-0.1, -0.05) is 37.6 Å². The van der Waals surface area contributed by atoms with Crippen molar-refractivity contribution >= 4 is 21.8 Å². The number of sulfonamides is 1. The van der Waals surface area contributed by atoms with Crippen LogP contribution in [0.4, 0.5) is 0 Å². The number of piperidine rings is 1. The molecule has 1 fully saturated rings. The lowest BCUT2D eigenvalue weighted by Gasteiger charge is -2.29. The van der Waals surface area contributed by atoms with Gasteiger partial charge in [-0.2, -0.15) is 4.31 Å². The van der Waals surface area contributed by atoms with E-state index >= 15 is 0 Å². The minimum Gasteiger partial charge on any atom is -0.457 e. The monoisotopic (exact) mass is 444 g/mol. The van der Waals surface area contributed by atoms with E-state index in [2.05, 4.69) is 11.9 Å². The van der Waals surface area contributed by atoms with E-state index in [1.54, 1.807) is 18.2 Å². The Labute approximate surface area is 183 Å².